The molecular weight excluding hydrogens is 206 g/mol. The van der Waals surface area contributed by atoms with Crippen LogP contribution in [-0.2, 0) is 9.47 Å². The minimum Gasteiger partial charge on any atom is -0.388 e. The largest absolute Gasteiger partial charge is 0.388 e. The summed E-state index contributed by atoms with van der Waals surface area (Å²) in [4.78, 5) is 2.51. The second-order valence-electron chi connectivity index (χ2n) is 3.16. The van der Waals surface area contributed by atoms with Crippen LogP contribution in [0.1, 0.15) is 0 Å². The summed E-state index contributed by atoms with van der Waals surface area (Å²) >= 11 is 0. The van der Waals surface area contributed by atoms with Gasteiger partial charge in [-0.15, -0.1) is 0 Å². The number of aliphatic hydroxyl groups excluding tert-OH is 3. The van der Waals surface area contributed by atoms with E-state index >= 15 is 0 Å². The molecule has 0 spiro atoms. The summed E-state index contributed by atoms with van der Waals surface area (Å²) in [6.45, 7) is -0.138. The molecule has 8 heteroatoms. The van der Waals surface area contributed by atoms with Crippen molar-refractivity contribution in [1.82, 2.24) is 0 Å². The van der Waals surface area contributed by atoms with Gasteiger partial charge in [-0.2, -0.15) is 0 Å². The highest BCUT2D eigenvalue weighted by Crippen LogP contribution is 2.22. The van der Waals surface area contributed by atoms with Crippen molar-refractivity contribution in [3.8, 4) is 0 Å². The van der Waals surface area contributed by atoms with E-state index in [4.69, 9.17) is 15.0 Å². The zero-order chi connectivity index (χ0) is 11.4. The van der Waals surface area contributed by atoms with Crippen molar-refractivity contribution in [2.24, 2.45) is 5.11 Å². The Bertz CT molecular complexity index is 257. The molecule has 1 aliphatic rings. The number of hydrogen-bond donors (Lipinski definition) is 3. The average Bonchev–Trinajstić information content (AvgIpc) is 2.22. The normalized spacial score (nSPS) is 40.9. The molecule has 1 heterocycles. The molecule has 0 aliphatic carbocycles. The van der Waals surface area contributed by atoms with Crippen LogP contribution in [0.3, 0.4) is 0 Å². The van der Waals surface area contributed by atoms with E-state index in [1.54, 1.807) is 0 Å². The molecule has 0 saturated carbocycles. The molecule has 1 saturated heterocycles. The van der Waals surface area contributed by atoms with Crippen molar-refractivity contribution in [2.75, 3.05) is 13.7 Å². The minimum absolute atomic E-state index is 0.138. The third-order valence-electron chi connectivity index (χ3n) is 2.26. The van der Waals surface area contributed by atoms with Gasteiger partial charge in [0, 0.05) is 12.0 Å². The van der Waals surface area contributed by atoms with Crippen molar-refractivity contribution >= 4 is 0 Å². The monoisotopic (exact) mass is 219 g/mol. The Balaban J connectivity index is 2.70. The molecule has 15 heavy (non-hydrogen) atoms. The van der Waals surface area contributed by atoms with Crippen LogP contribution in [0.25, 0.3) is 10.4 Å². The van der Waals surface area contributed by atoms with Gasteiger partial charge in [-0.1, -0.05) is 5.11 Å². The van der Waals surface area contributed by atoms with Gasteiger partial charge >= 0.3 is 0 Å². The smallest absolute Gasteiger partial charge is 0.183 e. The third kappa shape index (κ3) is 2.57. The fraction of sp³-hybridized carbons (Fsp3) is 1.00. The molecule has 1 aliphatic heterocycles. The standard InChI is InChI=1S/C7H13N3O5/c1-14-6-4(11)3(2-9-10-8)15-7(13)5(6)12/h3-7,11-13H,2H2,1H3/t3-,4+,5-,6-,7+/m0/s1. The lowest BCUT2D eigenvalue weighted by atomic mass is 9.99. The van der Waals surface area contributed by atoms with Crippen LogP contribution in [-0.4, -0.2) is 59.7 Å². The molecule has 3 N–H and O–H groups in total. The van der Waals surface area contributed by atoms with E-state index in [1.165, 1.54) is 7.11 Å². The van der Waals surface area contributed by atoms with Crippen molar-refractivity contribution in [3.05, 3.63) is 10.4 Å². The van der Waals surface area contributed by atoms with Crippen LogP contribution < -0.4 is 0 Å². The number of rotatable bonds is 3. The van der Waals surface area contributed by atoms with Crippen LogP contribution >= 0.6 is 0 Å². The number of azide groups is 1. The van der Waals surface area contributed by atoms with Crippen molar-refractivity contribution in [3.63, 3.8) is 0 Å². The molecule has 0 radical (unpaired) electrons. The van der Waals surface area contributed by atoms with Gasteiger partial charge in [0.15, 0.2) is 6.29 Å². The predicted molar refractivity (Wildman–Crippen MR) is 47.7 cm³/mol. The lowest BCUT2D eigenvalue weighted by Crippen LogP contribution is -2.58. The Kier molecular flexibility index (Phi) is 4.28. The predicted octanol–water partition coefficient (Wildman–Crippen LogP) is -1.25. The molecule has 0 aromatic rings. The first-order valence-electron chi connectivity index (χ1n) is 4.35. The van der Waals surface area contributed by atoms with E-state index in [0.29, 0.717) is 0 Å². The molecule has 0 unspecified atom stereocenters. The molecule has 0 aromatic carbocycles. The Morgan fingerprint density at radius 3 is 2.60 bits per heavy atom. The van der Waals surface area contributed by atoms with Crippen molar-refractivity contribution < 1.29 is 24.8 Å². The highest BCUT2D eigenvalue weighted by Gasteiger charge is 2.43. The molecule has 0 amide bonds. The maximum Gasteiger partial charge on any atom is 0.183 e. The van der Waals surface area contributed by atoms with Crippen molar-refractivity contribution in [1.29, 1.82) is 0 Å². The summed E-state index contributed by atoms with van der Waals surface area (Å²) in [5, 5.41) is 31.5. The fourth-order valence-corrected chi connectivity index (χ4v) is 1.46. The van der Waals surface area contributed by atoms with Crippen LogP contribution in [0.5, 0.6) is 0 Å². The summed E-state index contributed by atoms with van der Waals surface area (Å²) in [5.41, 5.74) is 8.10. The Hall–Kier alpha value is -0.890. The SMILES string of the molecule is CO[C@@H]1[C@H](O)[C@H](O)O[C@@H](CN=[N+]=[N-])[C@H]1O. The molecule has 0 aromatic heterocycles. The van der Waals surface area contributed by atoms with Gasteiger partial charge in [0.2, 0.25) is 0 Å². The van der Waals surface area contributed by atoms with E-state index in [1.807, 2.05) is 0 Å². The summed E-state index contributed by atoms with van der Waals surface area (Å²) in [7, 11) is 1.29. The van der Waals surface area contributed by atoms with E-state index in [9.17, 15) is 15.3 Å². The fourth-order valence-electron chi connectivity index (χ4n) is 1.46. The Morgan fingerprint density at radius 1 is 1.40 bits per heavy atom. The Labute approximate surface area is 85.7 Å². The number of methoxy groups -OCH3 is 1. The van der Waals surface area contributed by atoms with Gasteiger partial charge in [0.05, 0.1) is 12.6 Å². The first-order valence-corrected chi connectivity index (χ1v) is 4.35. The number of hydrogen-bond acceptors (Lipinski definition) is 6. The molecule has 1 rings (SSSR count). The zero-order valence-corrected chi connectivity index (χ0v) is 8.09. The third-order valence-corrected chi connectivity index (χ3v) is 2.26. The molecule has 5 atom stereocenters. The summed E-state index contributed by atoms with van der Waals surface area (Å²) < 4.78 is 9.68. The molecule has 1 fully saturated rings. The summed E-state index contributed by atoms with van der Waals surface area (Å²) in [6, 6.07) is 0. The highest BCUT2D eigenvalue weighted by molar-refractivity contribution is 4.90. The van der Waals surface area contributed by atoms with E-state index in [2.05, 4.69) is 10.0 Å². The molecule has 8 nitrogen and oxygen atoms in total. The van der Waals surface area contributed by atoms with Gasteiger partial charge in [-0.25, -0.2) is 0 Å². The van der Waals surface area contributed by atoms with Gasteiger partial charge in [-0.05, 0) is 5.53 Å². The molecular formula is C7H13N3O5. The first kappa shape index (κ1) is 12.2. The number of ether oxygens (including phenoxy) is 2. The first-order chi connectivity index (χ1) is 7.11. The van der Waals surface area contributed by atoms with Crippen LogP contribution in [0.4, 0.5) is 0 Å². The maximum absolute atomic E-state index is 9.64. The average molecular weight is 219 g/mol. The van der Waals surface area contributed by atoms with Crippen LogP contribution in [0, 0.1) is 0 Å². The van der Waals surface area contributed by atoms with E-state index in [-0.39, 0.29) is 6.54 Å². The molecule has 0 bridgehead atoms. The van der Waals surface area contributed by atoms with Crippen LogP contribution in [0.15, 0.2) is 5.11 Å². The topological polar surface area (TPSA) is 128 Å². The maximum atomic E-state index is 9.64. The second kappa shape index (κ2) is 5.26. The summed E-state index contributed by atoms with van der Waals surface area (Å²) in [6.07, 6.45) is -5.79. The lowest BCUT2D eigenvalue weighted by Gasteiger charge is -2.39. The van der Waals surface area contributed by atoms with Gasteiger partial charge in [0.1, 0.15) is 18.3 Å². The number of nitrogens with zero attached hydrogens (tertiary/aromatic N) is 3. The quantitative estimate of drug-likeness (QED) is 0.310. The zero-order valence-electron chi connectivity index (χ0n) is 8.09. The van der Waals surface area contributed by atoms with Gasteiger partial charge < -0.3 is 24.8 Å². The van der Waals surface area contributed by atoms with Crippen LogP contribution in [0.2, 0.25) is 0 Å². The number of aliphatic hydroxyl groups is 3. The second-order valence-corrected chi connectivity index (χ2v) is 3.16. The summed E-state index contributed by atoms with van der Waals surface area (Å²) in [5.74, 6) is 0. The highest BCUT2D eigenvalue weighted by atomic mass is 16.6. The van der Waals surface area contributed by atoms with Gasteiger partial charge in [0.25, 0.3) is 0 Å². The lowest BCUT2D eigenvalue weighted by molar-refractivity contribution is -0.283. The molecule has 86 valence electrons. The van der Waals surface area contributed by atoms with Gasteiger partial charge in [-0.3, -0.25) is 0 Å². The minimum atomic E-state index is -1.46. The van der Waals surface area contributed by atoms with E-state index < -0.39 is 30.7 Å². The van der Waals surface area contributed by atoms with Crippen molar-refractivity contribution in [2.45, 2.75) is 30.7 Å². The van der Waals surface area contributed by atoms with E-state index in [0.717, 1.165) is 0 Å². The Morgan fingerprint density at radius 2 is 2.07 bits per heavy atom.